The molecule has 0 unspecified atom stereocenters. The number of hydrogen-bond acceptors (Lipinski definition) is 4. The number of aliphatic hydroxyl groups excluding tert-OH is 1. The van der Waals surface area contributed by atoms with E-state index in [1.807, 2.05) is 0 Å². The normalized spacial score (nSPS) is 13.4. The minimum atomic E-state index is -0.677. The van der Waals surface area contributed by atoms with Crippen LogP contribution in [0.2, 0.25) is 0 Å². The van der Waals surface area contributed by atoms with Gasteiger partial charge in [-0.3, -0.25) is 0 Å². The summed E-state index contributed by atoms with van der Waals surface area (Å²) in [6.45, 7) is 0.243. The number of aromatic amines is 1. The van der Waals surface area contributed by atoms with Crippen LogP contribution in [0.5, 0.6) is 0 Å². The van der Waals surface area contributed by atoms with E-state index in [4.69, 9.17) is 9.84 Å². The number of ether oxygens (including phenoxy) is 1. The molecule has 5 heteroatoms. The molecule has 0 aromatic carbocycles. The molecule has 0 aliphatic rings. The molecule has 0 saturated carbocycles. The van der Waals surface area contributed by atoms with Gasteiger partial charge in [0.25, 0.3) is 0 Å². The summed E-state index contributed by atoms with van der Waals surface area (Å²) in [7, 11) is 1.52. The van der Waals surface area contributed by atoms with Crippen molar-refractivity contribution >= 4 is 0 Å². The molecule has 5 nitrogen and oxygen atoms in total. The Balaban J connectivity index is 2.50. The Morgan fingerprint density at radius 1 is 1.90 bits per heavy atom. The molecule has 0 bridgehead atoms. The molecule has 0 amide bonds. The van der Waals surface area contributed by atoms with Crippen molar-refractivity contribution in [2.45, 2.75) is 6.10 Å². The number of rotatable bonds is 3. The number of aliphatic hydroxyl groups is 1. The predicted molar refractivity (Wildman–Crippen MR) is 33.2 cm³/mol. The molecule has 0 fully saturated rings. The van der Waals surface area contributed by atoms with E-state index in [1.165, 1.54) is 13.3 Å². The smallest absolute Gasteiger partial charge is 0.123 e. The van der Waals surface area contributed by atoms with Gasteiger partial charge in [-0.25, -0.2) is 0 Å². The van der Waals surface area contributed by atoms with Crippen LogP contribution < -0.4 is 0 Å². The van der Waals surface area contributed by atoms with E-state index >= 15 is 0 Å². The molecule has 56 valence electrons. The van der Waals surface area contributed by atoms with Gasteiger partial charge in [-0.2, -0.15) is 15.4 Å². The fraction of sp³-hybridized carbons (Fsp3) is 0.600. The Morgan fingerprint density at radius 3 is 3.20 bits per heavy atom. The molecular formula is C5H9N3O2. The summed E-state index contributed by atoms with van der Waals surface area (Å²) in [6, 6.07) is 0. The maximum Gasteiger partial charge on any atom is 0.123 e. The highest BCUT2D eigenvalue weighted by atomic mass is 16.5. The highest BCUT2D eigenvalue weighted by Crippen LogP contribution is 2.05. The van der Waals surface area contributed by atoms with Crippen LogP contribution in [0, 0.1) is 0 Å². The van der Waals surface area contributed by atoms with Crippen LogP contribution >= 0.6 is 0 Å². The lowest BCUT2D eigenvalue weighted by Gasteiger charge is -2.02. The second-order valence-electron chi connectivity index (χ2n) is 1.87. The number of H-pyrrole nitrogens is 1. The van der Waals surface area contributed by atoms with Crippen LogP contribution in [0.25, 0.3) is 0 Å². The van der Waals surface area contributed by atoms with Crippen molar-refractivity contribution in [2.24, 2.45) is 0 Å². The first-order valence-corrected chi connectivity index (χ1v) is 2.87. The van der Waals surface area contributed by atoms with E-state index in [0.29, 0.717) is 5.69 Å². The standard InChI is InChI=1S/C5H9N3O2/c1-10-3-5(9)4-2-6-8-7-4/h2,5,9H,3H2,1H3,(H,6,7,8)/t5-/m0/s1. The zero-order chi connectivity index (χ0) is 7.40. The summed E-state index contributed by atoms with van der Waals surface area (Å²) >= 11 is 0. The van der Waals surface area contributed by atoms with Crippen LogP contribution in [-0.2, 0) is 4.74 Å². The molecule has 10 heavy (non-hydrogen) atoms. The number of methoxy groups -OCH3 is 1. The predicted octanol–water partition coefficient (Wildman–Crippen LogP) is -0.516. The number of aromatic nitrogens is 3. The summed E-state index contributed by atoms with van der Waals surface area (Å²) in [4.78, 5) is 0. The van der Waals surface area contributed by atoms with Gasteiger partial charge in [0, 0.05) is 7.11 Å². The van der Waals surface area contributed by atoms with Gasteiger partial charge in [0.15, 0.2) is 0 Å². The fourth-order valence-electron chi connectivity index (χ4n) is 0.614. The Morgan fingerprint density at radius 2 is 2.70 bits per heavy atom. The van der Waals surface area contributed by atoms with Crippen molar-refractivity contribution in [3.63, 3.8) is 0 Å². The first-order valence-electron chi connectivity index (χ1n) is 2.87. The van der Waals surface area contributed by atoms with E-state index < -0.39 is 6.10 Å². The molecule has 0 aliphatic carbocycles. The van der Waals surface area contributed by atoms with E-state index in [0.717, 1.165) is 0 Å². The second kappa shape index (κ2) is 3.28. The average molecular weight is 143 g/mol. The van der Waals surface area contributed by atoms with Crippen molar-refractivity contribution in [3.8, 4) is 0 Å². The zero-order valence-corrected chi connectivity index (χ0v) is 5.61. The van der Waals surface area contributed by atoms with Crippen LogP contribution in [0.15, 0.2) is 6.20 Å². The molecule has 1 heterocycles. The highest BCUT2D eigenvalue weighted by Gasteiger charge is 2.08. The van der Waals surface area contributed by atoms with Crippen molar-refractivity contribution in [1.29, 1.82) is 0 Å². The third-order valence-corrected chi connectivity index (χ3v) is 1.10. The van der Waals surface area contributed by atoms with Crippen LogP contribution in [0.1, 0.15) is 11.8 Å². The molecular weight excluding hydrogens is 134 g/mol. The van der Waals surface area contributed by atoms with Crippen molar-refractivity contribution in [2.75, 3.05) is 13.7 Å². The van der Waals surface area contributed by atoms with Gasteiger partial charge in [-0.05, 0) is 0 Å². The summed E-state index contributed by atoms with van der Waals surface area (Å²) in [5, 5.41) is 18.8. The quantitative estimate of drug-likeness (QED) is 0.597. The molecule has 0 saturated heterocycles. The van der Waals surface area contributed by atoms with Gasteiger partial charge in [-0.1, -0.05) is 0 Å². The van der Waals surface area contributed by atoms with Gasteiger partial charge in [-0.15, -0.1) is 0 Å². The van der Waals surface area contributed by atoms with E-state index in [-0.39, 0.29) is 6.61 Å². The molecule has 1 atom stereocenters. The van der Waals surface area contributed by atoms with Crippen molar-refractivity contribution in [3.05, 3.63) is 11.9 Å². The maximum atomic E-state index is 9.16. The molecule has 1 aromatic rings. The van der Waals surface area contributed by atoms with Gasteiger partial charge in [0.05, 0.1) is 12.8 Å². The third kappa shape index (κ3) is 1.52. The molecule has 0 aliphatic heterocycles. The van der Waals surface area contributed by atoms with Gasteiger partial charge < -0.3 is 9.84 Å². The van der Waals surface area contributed by atoms with Crippen molar-refractivity contribution in [1.82, 2.24) is 15.4 Å². The van der Waals surface area contributed by atoms with Gasteiger partial charge in [0.1, 0.15) is 11.8 Å². The molecule has 0 radical (unpaired) electrons. The maximum absolute atomic E-state index is 9.16. The largest absolute Gasteiger partial charge is 0.384 e. The van der Waals surface area contributed by atoms with Gasteiger partial charge in [0.2, 0.25) is 0 Å². The molecule has 1 rings (SSSR count). The second-order valence-corrected chi connectivity index (χ2v) is 1.87. The third-order valence-electron chi connectivity index (χ3n) is 1.10. The lowest BCUT2D eigenvalue weighted by Crippen LogP contribution is -2.05. The first-order chi connectivity index (χ1) is 4.84. The Hall–Kier alpha value is -0.940. The Kier molecular flexibility index (Phi) is 2.35. The lowest BCUT2D eigenvalue weighted by molar-refractivity contribution is 0.0616. The number of nitrogens with zero attached hydrogens (tertiary/aromatic N) is 2. The molecule has 0 spiro atoms. The molecule has 2 N–H and O–H groups in total. The number of hydrogen-bond donors (Lipinski definition) is 2. The monoisotopic (exact) mass is 143 g/mol. The lowest BCUT2D eigenvalue weighted by atomic mass is 10.3. The van der Waals surface area contributed by atoms with Gasteiger partial charge >= 0.3 is 0 Å². The SMILES string of the molecule is COC[C@H](O)c1cn[nH]n1. The minimum Gasteiger partial charge on any atom is -0.384 e. The van der Waals surface area contributed by atoms with Crippen molar-refractivity contribution < 1.29 is 9.84 Å². The summed E-state index contributed by atoms with van der Waals surface area (Å²) < 4.78 is 4.70. The summed E-state index contributed by atoms with van der Waals surface area (Å²) in [6.07, 6.45) is 0.785. The first kappa shape index (κ1) is 7.17. The fourth-order valence-corrected chi connectivity index (χ4v) is 0.614. The summed E-state index contributed by atoms with van der Waals surface area (Å²) in [5.41, 5.74) is 0.502. The van der Waals surface area contributed by atoms with Crippen LogP contribution in [0.4, 0.5) is 0 Å². The highest BCUT2D eigenvalue weighted by molar-refractivity contribution is 4.95. The van der Waals surface area contributed by atoms with Crippen LogP contribution in [0.3, 0.4) is 0 Å². The van der Waals surface area contributed by atoms with E-state index in [2.05, 4.69) is 15.4 Å². The topological polar surface area (TPSA) is 71.0 Å². The average Bonchev–Trinajstić information content (AvgIpc) is 2.38. The minimum absolute atomic E-state index is 0.243. The summed E-state index contributed by atoms with van der Waals surface area (Å²) in [5.74, 6) is 0. The molecule has 1 aromatic heterocycles. The Bertz CT molecular complexity index is 175. The Labute approximate surface area is 58.0 Å². The van der Waals surface area contributed by atoms with E-state index in [9.17, 15) is 0 Å². The van der Waals surface area contributed by atoms with E-state index in [1.54, 1.807) is 0 Å². The number of nitrogens with one attached hydrogen (secondary N) is 1. The van der Waals surface area contributed by atoms with Crippen LogP contribution in [-0.4, -0.2) is 34.2 Å². The zero-order valence-electron chi connectivity index (χ0n) is 5.61.